The maximum atomic E-state index is 13.1. The first-order chi connectivity index (χ1) is 14.2. The first kappa shape index (κ1) is 21.6. The molecule has 2 atom stereocenters. The Morgan fingerprint density at radius 3 is 2.33 bits per heavy atom. The highest BCUT2D eigenvalue weighted by Gasteiger charge is 2.50. The van der Waals surface area contributed by atoms with E-state index in [4.69, 9.17) is 0 Å². The number of hydrogen-bond donors (Lipinski definition) is 2. The van der Waals surface area contributed by atoms with Gasteiger partial charge >= 0.3 is 6.03 Å². The van der Waals surface area contributed by atoms with Gasteiger partial charge in [-0.25, -0.2) is 4.79 Å². The van der Waals surface area contributed by atoms with Crippen LogP contribution in [0.3, 0.4) is 0 Å². The fourth-order valence-corrected chi connectivity index (χ4v) is 3.98. The minimum absolute atomic E-state index is 0.179. The number of urea groups is 1. The van der Waals surface area contributed by atoms with E-state index in [1.54, 1.807) is 6.92 Å². The van der Waals surface area contributed by atoms with Gasteiger partial charge in [0.25, 0.3) is 5.91 Å². The molecule has 1 saturated heterocycles. The maximum Gasteiger partial charge on any atom is 0.325 e. The normalized spacial score (nSPS) is 19.7. The summed E-state index contributed by atoms with van der Waals surface area (Å²) >= 11 is 0. The molecule has 0 saturated carbocycles. The number of amides is 4. The van der Waals surface area contributed by atoms with E-state index >= 15 is 0 Å². The van der Waals surface area contributed by atoms with E-state index in [2.05, 4.69) is 24.5 Å². The Morgan fingerprint density at radius 2 is 1.70 bits per heavy atom. The lowest BCUT2D eigenvalue weighted by molar-refractivity contribution is -0.135. The molecule has 0 radical (unpaired) electrons. The zero-order chi connectivity index (χ0) is 21.9. The van der Waals surface area contributed by atoms with Gasteiger partial charge in [0.05, 0.1) is 6.04 Å². The second-order valence-electron chi connectivity index (χ2n) is 8.42. The number of hydrogen-bond acceptors (Lipinski definition) is 3. The third-order valence-electron chi connectivity index (χ3n) is 5.50. The quantitative estimate of drug-likeness (QED) is 0.688. The average molecular weight is 408 g/mol. The van der Waals surface area contributed by atoms with Crippen molar-refractivity contribution in [2.75, 3.05) is 6.54 Å². The summed E-state index contributed by atoms with van der Waals surface area (Å²) in [6, 6.07) is 16.4. The molecule has 1 aliphatic heterocycles. The van der Waals surface area contributed by atoms with E-state index in [0.717, 1.165) is 28.0 Å². The molecule has 2 aromatic carbocycles. The highest BCUT2D eigenvalue weighted by molar-refractivity contribution is 6.09. The van der Waals surface area contributed by atoms with Gasteiger partial charge in [0.1, 0.15) is 12.1 Å². The first-order valence-corrected chi connectivity index (χ1v) is 10.3. The molecular weight excluding hydrogens is 378 g/mol. The van der Waals surface area contributed by atoms with Crippen molar-refractivity contribution in [3.8, 4) is 0 Å². The number of rotatable bonds is 7. The molecule has 4 amide bonds. The molecule has 0 aliphatic carbocycles. The van der Waals surface area contributed by atoms with Crippen molar-refractivity contribution < 1.29 is 14.4 Å². The zero-order valence-corrected chi connectivity index (χ0v) is 17.9. The van der Waals surface area contributed by atoms with Crippen LogP contribution in [0.15, 0.2) is 54.6 Å². The minimum Gasteiger partial charge on any atom is -0.348 e. The fraction of sp³-hybridized carbons (Fsp3) is 0.375. The zero-order valence-electron chi connectivity index (χ0n) is 17.9. The monoisotopic (exact) mass is 407 g/mol. The molecule has 6 heteroatoms. The summed E-state index contributed by atoms with van der Waals surface area (Å²) in [6.45, 7) is 7.44. The van der Waals surface area contributed by atoms with E-state index < -0.39 is 17.5 Å². The van der Waals surface area contributed by atoms with Gasteiger partial charge in [-0.1, -0.05) is 68.4 Å². The van der Waals surface area contributed by atoms with Crippen LogP contribution in [0.5, 0.6) is 0 Å². The van der Waals surface area contributed by atoms with Crippen molar-refractivity contribution in [1.29, 1.82) is 0 Å². The standard InChI is InChI=1S/C24H29N3O3/c1-16(2)14-20(18-11-6-5-7-12-18)25-21(28)15-27-22(29)24(4,26-23(27)30)19-13-9-8-10-17(19)3/h5-13,16,20H,14-15H2,1-4H3,(H,25,28)(H,26,30). The van der Waals surface area contributed by atoms with Gasteiger partial charge in [0, 0.05) is 0 Å². The van der Waals surface area contributed by atoms with Gasteiger partial charge in [-0.15, -0.1) is 0 Å². The smallest absolute Gasteiger partial charge is 0.325 e. The molecule has 158 valence electrons. The van der Waals surface area contributed by atoms with Crippen molar-refractivity contribution in [2.24, 2.45) is 5.92 Å². The Balaban J connectivity index is 1.75. The van der Waals surface area contributed by atoms with Crippen LogP contribution in [0.4, 0.5) is 4.79 Å². The fourth-order valence-electron chi connectivity index (χ4n) is 3.98. The minimum atomic E-state index is -1.18. The molecule has 2 aromatic rings. The van der Waals surface area contributed by atoms with Crippen LogP contribution in [0.2, 0.25) is 0 Å². The predicted molar refractivity (Wildman–Crippen MR) is 116 cm³/mol. The lowest BCUT2D eigenvalue weighted by Gasteiger charge is -2.25. The molecule has 1 aliphatic rings. The molecule has 6 nitrogen and oxygen atoms in total. The maximum absolute atomic E-state index is 13.1. The lowest BCUT2D eigenvalue weighted by Crippen LogP contribution is -2.44. The number of nitrogens with zero attached hydrogens (tertiary/aromatic N) is 1. The van der Waals surface area contributed by atoms with E-state index in [1.807, 2.05) is 61.5 Å². The van der Waals surface area contributed by atoms with E-state index in [0.29, 0.717) is 5.92 Å². The van der Waals surface area contributed by atoms with Gasteiger partial charge in [0.15, 0.2) is 0 Å². The van der Waals surface area contributed by atoms with Crippen LogP contribution in [-0.4, -0.2) is 29.3 Å². The molecule has 0 bridgehead atoms. The third-order valence-corrected chi connectivity index (χ3v) is 5.50. The lowest BCUT2D eigenvalue weighted by atomic mass is 9.88. The van der Waals surface area contributed by atoms with Crippen LogP contribution in [-0.2, 0) is 15.1 Å². The Bertz CT molecular complexity index is 942. The van der Waals surface area contributed by atoms with Crippen molar-refractivity contribution >= 4 is 17.8 Å². The largest absolute Gasteiger partial charge is 0.348 e. The highest BCUT2D eigenvalue weighted by Crippen LogP contribution is 2.31. The van der Waals surface area contributed by atoms with Crippen molar-refractivity contribution in [3.63, 3.8) is 0 Å². The van der Waals surface area contributed by atoms with Crippen LogP contribution >= 0.6 is 0 Å². The molecule has 30 heavy (non-hydrogen) atoms. The van der Waals surface area contributed by atoms with Gasteiger partial charge < -0.3 is 10.6 Å². The average Bonchev–Trinajstić information content (AvgIpc) is 2.92. The Labute approximate surface area is 177 Å². The van der Waals surface area contributed by atoms with Crippen molar-refractivity contribution in [3.05, 3.63) is 71.3 Å². The number of nitrogens with one attached hydrogen (secondary N) is 2. The summed E-state index contributed by atoms with van der Waals surface area (Å²) in [4.78, 5) is 39.5. The summed E-state index contributed by atoms with van der Waals surface area (Å²) in [7, 11) is 0. The van der Waals surface area contributed by atoms with E-state index in [9.17, 15) is 14.4 Å². The van der Waals surface area contributed by atoms with Gasteiger partial charge in [-0.05, 0) is 42.9 Å². The molecule has 1 heterocycles. The van der Waals surface area contributed by atoms with Crippen LogP contribution in [0.1, 0.15) is 49.9 Å². The van der Waals surface area contributed by atoms with E-state index in [-0.39, 0.29) is 18.5 Å². The topological polar surface area (TPSA) is 78.5 Å². The number of aryl methyl sites for hydroxylation is 1. The van der Waals surface area contributed by atoms with Crippen LogP contribution in [0.25, 0.3) is 0 Å². The van der Waals surface area contributed by atoms with Gasteiger partial charge in [-0.3, -0.25) is 14.5 Å². The summed E-state index contributed by atoms with van der Waals surface area (Å²) in [5.41, 5.74) is 1.45. The molecule has 0 aromatic heterocycles. The third kappa shape index (κ3) is 4.37. The molecule has 2 unspecified atom stereocenters. The number of imide groups is 1. The summed E-state index contributed by atoms with van der Waals surface area (Å²) in [5.74, 6) is -0.407. The van der Waals surface area contributed by atoms with Gasteiger partial charge in [-0.2, -0.15) is 0 Å². The van der Waals surface area contributed by atoms with Crippen molar-refractivity contribution in [1.82, 2.24) is 15.5 Å². The second-order valence-corrected chi connectivity index (χ2v) is 8.42. The molecule has 3 rings (SSSR count). The van der Waals surface area contributed by atoms with Crippen molar-refractivity contribution in [2.45, 2.75) is 45.7 Å². The number of benzene rings is 2. The number of carbonyl (C=O) groups is 3. The summed E-state index contributed by atoms with van der Waals surface area (Å²) in [6.07, 6.45) is 0.761. The van der Waals surface area contributed by atoms with Crippen LogP contribution in [0, 0.1) is 12.8 Å². The van der Waals surface area contributed by atoms with E-state index in [1.165, 1.54) is 0 Å². The number of carbonyl (C=O) groups excluding carboxylic acids is 3. The molecular formula is C24H29N3O3. The highest BCUT2D eigenvalue weighted by atomic mass is 16.2. The molecule has 1 fully saturated rings. The Kier molecular flexibility index (Phi) is 6.25. The SMILES string of the molecule is Cc1ccccc1C1(C)NC(=O)N(CC(=O)NC(CC(C)C)c2ccccc2)C1=O. The summed E-state index contributed by atoms with van der Waals surface area (Å²) in [5, 5.41) is 5.77. The Hall–Kier alpha value is -3.15. The Morgan fingerprint density at radius 1 is 1.07 bits per heavy atom. The molecule has 2 N–H and O–H groups in total. The second kappa shape index (κ2) is 8.69. The predicted octanol–water partition coefficient (Wildman–Crippen LogP) is 3.67. The van der Waals surface area contributed by atoms with Crippen LogP contribution < -0.4 is 10.6 Å². The molecule has 0 spiro atoms. The first-order valence-electron chi connectivity index (χ1n) is 10.3. The summed E-state index contributed by atoms with van der Waals surface area (Å²) < 4.78 is 0. The van der Waals surface area contributed by atoms with Gasteiger partial charge in [0.2, 0.25) is 5.91 Å².